The topological polar surface area (TPSA) is 62.4 Å². The summed E-state index contributed by atoms with van der Waals surface area (Å²) < 4.78 is 0. The van der Waals surface area contributed by atoms with Gasteiger partial charge in [0.2, 0.25) is 5.96 Å². The van der Waals surface area contributed by atoms with E-state index in [4.69, 9.17) is 5.84 Å². The first-order valence-electron chi connectivity index (χ1n) is 6.62. The van der Waals surface area contributed by atoms with Crippen LogP contribution in [0.2, 0.25) is 0 Å². The smallest absolute Gasteiger partial charge is 0.210 e. The number of guanidine groups is 1. The summed E-state index contributed by atoms with van der Waals surface area (Å²) in [4.78, 5) is 4.59. The molecule has 20 heavy (non-hydrogen) atoms. The van der Waals surface area contributed by atoms with Gasteiger partial charge < -0.3 is 5.32 Å². The molecule has 104 valence electrons. The number of hydrazine groups is 1. The molecule has 2 aromatic rings. The minimum Gasteiger partial charge on any atom is -0.325 e. The molecule has 0 fully saturated rings. The highest BCUT2D eigenvalue weighted by molar-refractivity contribution is 5.93. The zero-order valence-electron chi connectivity index (χ0n) is 11.8. The second kappa shape index (κ2) is 6.73. The van der Waals surface area contributed by atoms with Crippen LogP contribution < -0.4 is 16.6 Å². The van der Waals surface area contributed by atoms with E-state index in [1.165, 1.54) is 11.1 Å². The number of aliphatic imine (C=N–C) groups is 1. The van der Waals surface area contributed by atoms with Crippen LogP contribution in [-0.4, -0.2) is 5.96 Å². The molecule has 0 aliphatic heterocycles. The Morgan fingerprint density at radius 3 is 2.35 bits per heavy atom. The highest BCUT2D eigenvalue weighted by atomic mass is 15.3. The zero-order chi connectivity index (χ0) is 14.4. The summed E-state index contributed by atoms with van der Waals surface area (Å²) in [5.74, 6) is 6.09. The minimum absolute atomic E-state index is 0.0264. The van der Waals surface area contributed by atoms with Crippen LogP contribution in [0.4, 0.5) is 5.69 Å². The Balaban J connectivity index is 2.16. The Kier molecular flexibility index (Phi) is 4.74. The van der Waals surface area contributed by atoms with Crippen molar-refractivity contribution in [3.8, 4) is 0 Å². The van der Waals surface area contributed by atoms with Crippen molar-refractivity contribution >= 4 is 11.6 Å². The van der Waals surface area contributed by atoms with Crippen LogP contribution in [0.15, 0.2) is 59.6 Å². The number of hydrogen-bond acceptors (Lipinski definition) is 2. The van der Waals surface area contributed by atoms with Gasteiger partial charge in [0.15, 0.2) is 0 Å². The van der Waals surface area contributed by atoms with Gasteiger partial charge in [-0.2, -0.15) is 0 Å². The standard InChI is InChI=1S/C16H20N4/c1-12-8-6-7-11-15(12)13(2)18-16(20-17)19-14-9-4-3-5-10-14/h3-11,13H,17H2,1-2H3,(H2,18,19,20). The molecule has 0 aromatic heterocycles. The Bertz CT molecular complexity index is 578. The molecule has 1 atom stereocenters. The summed E-state index contributed by atoms with van der Waals surface area (Å²) in [6.45, 7) is 4.13. The SMILES string of the molecule is Cc1ccccc1C(C)N=C(NN)Nc1ccccc1. The fourth-order valence-corrected chi connectivity index (χ4v) is 2.08. The van der Waals surface area contributed by atoms with E-state index in [2.05, 4.69) is 34.8 Å². The highest BCUT2D eigenvalue weighted by Crippen LogP contribution is 2.20. The molecular weight excluding hydrogens is 248 g/mol. The van der Waals surface area contributed by atoms with Crippen molar-refractivity contribution in [1.29, 1.82) is 0 Å². The Morgan fingerprint density at radius 1 is 1.05 bits per heavy atom. The lowest BCUT2D eigenvalue weighted by atomic mass is 10.0. The van der Waals surface area contributed by atoms with Crippen LogP contribution in [-0.2, 0) is 0 Å². The van der Waals surface area contributed by atoms with Gasteiger partial charge in [-0.25, -0.2) is 10.8 Å². The third-order valence-electron chi connectivity index (χ3n) is 3.13. The Morgan fingerprint density at radius 2 is 1.70 bits per heavy atom. The molecule has 0 aliphatic rings. The average Bonchev–Trinajstić information content (AvgIpc) is 2.48. The van der Waals surface area contributed by atoms with Gasteiger partial charge in [-0.1, -0.05) is 42.5 Å². The molecule has 0 amide bonds. The third kappa shape index (κ3) is 3.59. The fraction of sp³-hybridized carbons (Fsp3) is 0.188. The van der Waals surface area contributed by atoms with E-state index in [1.807, 2.05) is 49.4 Å². The summed E-state index contributed by atoms with van der Waals surface area (Å²) in [5.41, 5.74) is 5.97. The van der Waals surface area contributed by atoms with Crippen LogP contribution >= 0.6 is 0 Å². The first-order valence-corrected chi connectivity index (χ1v) is 6.62. The lowest BCUT2D eigenvalue weighted by molar-refractivity contribution is 0.797. The molecule has 0 spiro atoms. The molecule has 0 saturated carbocycles. The van der Waals surface area contributed by atoms with Gasteiger partial charge in [0.1, 0.15) is 0 Å². The van der Waals surface area contributed by atoms with E-state index in [0.717, 1.165) is 5.69 Å². The van der Waals surface area contributed by atoms with Crippen molar-refractivity contribution in [2.75, 3.05) is 5.32 Å². The molecule has 0 saturated heterocycles. The van der Waals surface area contributed by atoms with Crippen molar-refractivity contribution in [2.24, 2.45) is 10.8 Å². The zero-order valence-corrected chi connectivity index (χ0v) is 11.8. The van der Waals surface area contributed by atoms with Crippen molar-refractivity contribution < 1.29 is 0 Å². The van der Waals surface area contributed by atoms with Gasteiger partial charge in [-0.15, -0.1) is 0 Å². The molecule has 0 radical (unpaired) electrons. The Hall–Kier alpha value is -2.33. The molecule has 4 N–H and O–H groups in total. The van der Waals surface area contributed by atoms with Gasteiger partial charge >= 0.3 is 0 Å². The first-order chi connectivity index (χ1) is 9.70. The quantitative estimate of drug-likeness (QED) is 0.347. The number of aryl methyl sites for hydroxylation is 1. The van der Waals surface area contributed by atoms with E-state index >= 15 is 0 Å². The molecular formula is C16H20N4. The van der Waals surface area contributed by atoms with E-state index in [0.29, 0.717) is 5.96 Å². The molecule has 4 nitrogen and oxygen atoms in total. The number of nitrogens with two attached hydrogens (primary N) is 1. The maximum absolute atomic E-state index is 5.54. The van der Waals surface area contributed by atoms with E-state index in [-0.39, 0.29) is 6.04 Å². The fourth-order valence-electron chi connectivity index (χ4n) is 2.08. The highest BCUT2D eigenvalue weighted by Gasteiger charge is 2.08. The maximum atomic E-state index is 5.54. The van der Waals surface area contributed by atoms with Crippen molar-refractivity contribution in [3.05, 3.63) is 65.7 Å². The van der Waals surface area contributed by atoms with Crippen LogP contribution in [0.3, 0.4) is 0 Å². The largest absolute Gasteiger partial charge is 0.325 e. The molecule has 1 unspecified atom stereocenters. The maximum Gasteiger partial charge on any atom is 0.210 e. The molecule has 0 aliphatic carbocycles. The van der Waals surface area contributed by atoms with Crippen LogP contribution in [0.25, 0.3) is 0 Å². The van der Waals surface area contributed by atoms with Crippen LogP contribution in [0, 0.1) is 6.92 Å². The van der Waals surface area contributed by atoms with E-state index < -0.39 is 0 Å². The first kappa shape index (κ1) is 14.1. The Labute approximate surface area is 119 Å². The third-order valence-corrected chi connectivity index (χ3v) is 3.13. The number of rotatable bonds is 3. The second-order valence-corrected chi connectivity index (χ2v) is 4.65. The lowest BCUT2D eigenvalue weighted by Gasteiger charge is -2.14. The minimum atomic E-state index is 0.0264. The molecule has 2 rings (SSSR count). The molecule has 2 aromatic carbocycles. The van der Waals surface area contributed by atoms with Crippen LogP contribution in [0.5, 0.6) is 0 Å². The number of para-hydroxylation sites is 1. The summed E-state index contributed by atoms with van der Waals surface area (Å²) in [6.07, 6.45) is 0. The number of hydrogen-bond donors (Lipinski definition) is 3. The number of anilines is 1. The second-order valence-electron chi connectivity index (χ2n) is 4.65. The van der Waals surface area contributed by atoms with Crippen molar-refractivity contribution in [2.45, 2.75) is 19.9 Å². The summed E-state index contributed by atoms with van der Waals surface area (Å²) >= 11 is 0. The van der Waals surface area contributed by atoms with Gasteiger partial charge in [0, 0.05) is 5.69 Å². The van der Waals surface area contributed by atoms with Crippen molar-refractivity contribution in [3.63, 3.8) is 0 Å². The van der Waals surface area contributed by atoms with E-state index in [1.54, 1.807) is 0 Å². The van der Waals surface area contributed by atoms with Gasteiger partial charge in [-0.05, 0) is 37.1 Å². The normalized spacial score (nSPS) is 12.8. The monoisotopic (exact) mass is 268 g/mol. The summed E-state index contributed by atoms with van der Waals surface area (Å²) in [7, 11) is 0. The van der Waals surface area contributed by atoms with Crippen molar-refractivity contribution in [1.82, 2.24) is 5.43 Å². The molecule has 0 heterocycles. The van der Waals surface area contributed by atoms with Gasteiger partial charge in [-0.3, -0.25) is 5.43 Å². The van der Waals surface area contributed by atoms with Gasteiger partial charge in [0.05, 0.1) is 6.04 Å². The average molecular weight is 268 g/mol. The molecule has 4 heteroatoms. The molecule has 0 bridgehead atoms. The number of nitrogens with one attached hydrogen (secondary N) is 2. The lowest BCUT2D eigenvalue weighted by Crippen LogP contribution is -2.36. The predicted molar refractivity (Wildman–Crippen MR) is 84.4 cm³/mol. The number of nitrogens with zero attached hydrogens (tertiary/aromatic N) is 1. The number of benzene rings is 2. The summed E-state index contributed by atoms with van der Waals surface area (Å²) in [6, 6.07) is 18.1. The van der Waals surface area contributed by atoms with Crippen LogP contribution in [0.1, 0.15) is 24.1 Å². The predicted octanol–water partition coefficient (Wildman–Crippen LogP) is 2.99. The van der Waals surface area contributed by atoms with E-state index in [9.17, 15) is 0 Å². The summed E-state index contributed by atoms with van der Waals surface area (Å²) in [5, 5.41) is 3.16. The van der Waals surface area contributed by atoms with Gasteiger partial charge in [0.25, 0.3) is 0 Å².